The average Bonchev–Trinajstić information content (AvgIpc) is 2.41. The van der Waals surface area contributed by atoms with E-state index >= 15 is 0 Å². The van der Waals surface area contributed by atoms with E-state index in [4.69, 9.17) is 5.73 Å². The van der Waals surface area contributed by atoms with Crippen molar-refractivity contribution in [2.45, 2.75) is 19.9 Å². The van der Waals surface area contributed by atoms with Gasteiger partial charge in [-0.3, -0.25) is 0 Å². The Labute approximate surface area is 111 Å². The Bertz CT molecular complexity index is 627. The Morgan fingerprint density at radius 2 is 2.11 bits per heavy atom. The smallest absolute Gasteiger partial charge is 0.186 e. The van der Waals surface area contributed by atoms with Crippen molar-refractivity contribution >= 4 is 11.5 Å². The number of benzene rings is 1. The van der Waals surface area contributed by atoms with Crippen molar-refractivity contribution in [2.75, 3.05) is 17.2 Å². The molecule has 0 spiro atoms. The number of aryl methyl sites for hydroxylation is 1. The first-order valence-electron chi connectivity index (χ1n) is 6.24. The average molecular weight is 258 g/mol. The third-order valence-corrected chi connectivity index (χ3v) is 3.49. The Hall–Kier alpha value is -2.17. The number of hydrogen-bond acceptors (Lipinski definition) is 4. The number of aromatic nitrogens is 2. The molecule has 98 valence electrons. The van der Waals surface area contributed by atoms with Gasteiger partial charge in [-0.2, -0.15) is 0 Å². The summed E-state index contributed by atoms with van der Waals surface area (Å²) < 4.78 is 14.1. The molecular formula is C14H15FN4. The zero-order valence-corrected chi connectivity index (χ0v) is 10.7. The summed E-state index contributed by atoms with van der Waals surface area (Å²) in [5, 5.41) is 0. The lowest BCUT2D eigenvalue weighted by Gasteiger charge is -2.30. The number of nitrogens with zero attached hydrogens (tertiary/aromatic N) is 3. The molecule has 1 aliphatic rings. The monoisotopic (exact) mass is 258 g/mol. The number of nitrogens with two attached hydrogens (primary N) is 1. The molecule has 1 aliphatic heterocycles. The van der Waals surface area contributed by atoms with Crippen LogP contribution in [0.1, 0.15) is 16.8 Å². The van der Waals surface area contributed by atoms with Crippen LogP contribution in [0.4, 0.5) is 15.9 Å². The van der Waals surface area contributed by atoms with Gasteiger partial charge in [0.2, 0.25) is 0 Å². The summed E-state index contributed by atoms with van der Waals surface area (Å²) in [6.45, 7) is 3.04. The van der Waals surface area contributed by atoms with Crippen LogP contribution in [-0.4, -0.2) is 16.5 Å². The molecule has 0 unspecified atom stereocenters. The fourth-order valence-electron chi connectivity index (χ4n) is 2.42. The summed E-state index contributed by atoms with van der Waals surface area (Å²) in [7, 11) is 0. The lowest BCUT2D eigenvalue weighted by atomic mass is 9.99. The maximum absolute atomic E-state index is 14.1. The van der Waals surface area contributed by atoms with E-state index in [9.17, 15) is 4.39 Å². The fraction of sp³-hybridized carbons (Fsp3) is 0.286. The van der Waals surface area contributed by atoms with Crippen LogP contribution in [0.3, 0.4) is 0 Å². The van der Waals surface area contributed by atoms with E-state index in [-0.39, 0.29) is 5.82 Å². The SMILES string of the molecule is Cc1ncnc(N2CCc3ccc(N)cc3C2)c1F. The van der Waals surface area contributed by atoms with Crippen LogP contribution in [-0.2, 0) is 13.0 Å². The first kappa shape index (κ1) is 11.9. The normalized spacial score (nSPS) is 14.3. The minimum absolute atomic E-state index is 0.338. The standard InChI is InChI=1S/C14H15FN4/c1-9-13(15)14(18-8-17-9)19-5-4-10-2-3-12(16)6-11(10)7-19/h2-3,6,8H,4-5,7,16H2,1H3. The molecule has 0 aliphatic carbocycles. The highest BCUT2D eigenvalue weighted by Gasteiger charge is 2.21. The summed E-state index contributed by atoms with van der Waals surface area (Å²) in [4.78, 5) is 9.86. The summed E-state index contributed by atoms with van der Waals surface area (Å²) in [5.41, 5.74) is 9.33. The van der Waals surface area contributed by atoms with E-state index in [0.717, 1.165) is 24.2 Å². The van der Waals surface area contributed by atoms with Crippen molar-refractivity contribution in [2.24, 2.45) is 0 Å². The fourth-order valence-corrected chi connectivity index (χ4v) is 2.42. The van der Waals surface area contributed by atoms with Gasteiger partial charge >= 0.3 is 0 Å². The predicted molar refractivity (Wildman–Crippen MR) is 72.3 cm³/mol. The van der Waals surface area contributed by atoms with Gasteiger partial charge in [-0.1, -0.05) is 6.07 Å². The highest BCUT2D eigenvalue weighted by molar-refractivity contribution is 5.50. The summed E-state index contributed by atoms with van der Waals surface area (Å²) in [6.07, 6.45) is 2.28. The third-order valence-electron chi connectivity index (χ3n) is 3.49. The van der Waals surface area contributed by atoms with E-state index in [0.29, 0.717) is 18.1 Å². The second-order valence-electron chi connectivity index (χ2n) is 4.80. The molecule has 5 heteroatoms. The van der Waals surface area contributed by atoms with Crippen LogP contribution >= 0.6 is 0 Å². The highest BCUT2D eigenvalue weighted by atomic mass is 19.1. The van der Waals surface area contributed by atoms with Gasteiger partial charge in [0.1, 0.15) is 6.33 Å². The van der Waals surface area contributed by atoms with Gasteiger partial charge in [0.25, 0.3) is 0 Å². The molecule has 2 N–H and O–H groups in total. The van der Waals surface area contributed by atoms with Crippen LogP contribution < -0.4 is 10.6 Å². The first-order chi connectivity index (χ1) is 9.15. The van der Waals surface area contributed by atoms with Gasteiger partial charge < -0.3 is 10.6 Å². The van der Waals surface area contributed by atoms with Crippen molar-refractivity contribution in [1.29, 1.82) is 0 Å². The lowest BCUT2D eigenvalue weighted by Crippen LogP contribution is -2.32. The molecule has 0 saturated heterocycles. The van der Waals surface area contributed by atoms with Crippen LogP contribution in [0.5, 0.6) is 0 Å². The van der Waals surface area contributed by atoms with Crippen molar-refractivity contribution in [3.8, 4) is 0 Å². The molecule has 0 radical (unpaired) electrons. The van der Waals surface area contributed by atoms with E-state index in [1.165, 1.54) is 11.9 Å². The zero-order valence-electron chi connectivity index (χ0n) is 10.7. The molecule has 2 aromatic rings. The van der Waals surface area contributed by atoms with Crippen LogP contribution in [0.15, 0.2) is 24.5 Å². The topological polar surface area (TPSA) is 55.0 Å². The minimum Gasteiger partial charge on any atom is -0.399 e. The van der Waals surface area contributed by atoms with Crippen LogP contribution in [0.25, 0.3) is 0 Å². The van der Waals surface area contributed by atoms with Gasteiger partial charge in [-0.15, -0.1) is 0 Å². The van der Waals surface area contributed by atoms with Gasteiger partial charge in [0.05, 0.1) is 5.69 Å². The Morgan fingerprint density at radius 1 is 1.26 bits per heavy atom. The predicted octanol–water partition coefficient (Wildman–Crippen LogP) is 2.07. The summed E-state index contributed by atoms with van der Waals surface area (Å²) in [5.74, 6) is 0.0374. The molecule has 1 aromatic carbocycles. The second kappa shape index (κ2) is 4.50. The molecule has 19 heavy (non-hydrogen) atoms. The van der Waals surface area contributed by atoms with Crippen molar-refractivity contribution in [3.05, 3.63) is 47.2 Å². The van der Waals surface area contributed by atoms with Crippen LogP contribution in [0, 0.1) is 12.7 Å². The minimum atomic E-state index is -0.338. The zero-order chi connectivity index (χ0) is 13.4. The number of anilines is 2. The number of fused-ring (bicyclic) bond motifs is 1. The van der Waals surface area contributed by atoms with Crippen molar-refractivity contribution < 1.29 is 4.39 Å². The van der Waals surface area contributed by atoms with E-state index in [1.54, 1.807) is 6.92 Å². The highest BCUT2D eigenvalue weighted by Crippen LogP contribution is 2.26. The number of hydrogen-bond donors (Lipinski definition) is 1. The van der Waals surface area contributed by atoms with Gasteiger partial charge in [0, 0.05) is 18.8 Å². The summed E-state index contributed by atoms with van der Waals surface area (Å²) >= 11 is 0. The molecule has 0 bridgehead atoms. The number of rotatable bonds is 1. The molecular weight excluding hydrogens is 243 g/mol. The third kappa shape index (κ3) is 2.12. The Kier molecular flexibility index (Phi) is 2.81. The second-order valence-corrected chi connectivity index (χ2v) is 4.80. The van der Waals surface area contributed by atoms with Crippen molar-refractivity contribution in [3.63, 3.8) is 0 Å². The molecule has 4 nitrogen and oxygen atoms in total. The maximum atomic E-state index is 14.1. The van der Waals surface area contributed by atoms with Gasteiger partial charge in [-0.05, 0) is 36.6 Å². The summed E-state index contributed by atoms with van der Waals surface area (Å²) in [6, 6.07) is 5.90. The van der Waals surface area contributed by atoms with E-state index < -0.39 is 0 Å². The van der Waals surface area contributed by atoms with Gasteiger partial charge in [-0.25, -0.2) is 14.4 Å². The lowest BCUT2D eigenvalue weighted by molar-refractivity contribution is 0.584. The number of halogens is 1. The molecule has 3 rings (SSSR count). The number of nitrogen functional groups attached to an aromatic ring is 1. The molecule has 0 amide bonds. The van der Waals surface area contributed by atoms with Gasteiger partial charge in [0.15, 0.2) is 11.6 Å². The maximum Gasteiger partial charge on any atom is 0.186 e. The largest absolute Gasteiger partial charge is 0.399 e. The molecule has 1 aromatic heterocycles. The van der Waals surface area contributed by atoms with Crippen molar-refractivity contribution in [1.82, 2.24) is 9.97 Å². The van der Waals surface area contributed by atoms with Crippen LogP contribution in [0.2, 0.25) is 0 Å². The molecule has 2 heterocycles. The quantitative estimate of drug-likeness (QED) is 0.796. The van der Waals surface area contributed by atoms with E-state index in [1.807, 2.05) is 23.1 Å². The Morgan fingerprint density at radius 3 is 2.95 bits per heavy atom. The molecule has 0 atom stereocenters. The molecule has 0 fully saturated rings. The molecule has 0 saturated carbocycles. The van der Waals surface area contributed by atoms with E-state index in [2.05, 4.69) is 9.97 Å². The Balaban J connectivity index is 1.95. The first-order valence-corrected chi connectivity index (χ1v) is 6.24.